The summed E-state index contributed by atoms with van der Waals surface area (Å²) in [7, 11) is -3.64. The second-order valence-corrected chi connectivity index (χ2v) is 12.0. The molecule has 2 amide bonds. The number of anilines is 1. The standard InChI is InChI=1S/C26H36N4O4S/c1-4-20-17-23(27-19(3)31)10-9-21(20)11-16-35(33,34)30-14-12-26(13-15-30)25(32)28-24(29-26)22-7-5-18(2)6-8-22/h9-11,16-18,22H,4-8,12-15H2,1-3H3,(H,27,31)(H,28,29,32)/b16-11+. The van der Waals surface area contributed by atoms with Crippen LogP contribution in [0.3, 0.4) is 0 Å². The number of benzene rings is 1. The van der Waals surface area contributed by atoms with Crippen molar-refractivity contribution in [2.75, 3.05) is 18.4 Å². The average molecular weight is 501 g/mol. The van der Waals surface area contributed by atoms with E-state index in [1.807, 2.05) is 19.1 Å². The summed E-state index contributed by atoms with van der Waals surface area (Å²) in [6, 6.07) is 5.44. The van der Waals surface area contributed by atoms with Crippen molar-refractivity contribution in [1.29, 1.82) is 0 Å². The molecule has 1 aliphatic carbocycles. The quantitative estimate of drug-likeness (QED) is 0.621. The van der Waals surface area contributed by atoms with Crippen LogP contribution in [0, 0.1) is 11.8 Å². The molecule has 2 N–H and O–H groups in total. The van der Waals surface area contributed by atoms with E-state index in [1.165, 1.54) is 16.6 Å². The number of amides is 2. The van der Waals surface area contributed by atoms with Gasteiger partial charge < -0.3 is 10.6 Å². The van der Waals surface area contributed by atoms with E-state index in [-0.39, 0.29) is 24.9 Å². The molecule has 3 aliphatic rings. The lowest BCUT2D eigenvalue weighted by Gasteiger charge is -2.34. The summed E-state index contributed by atoms with van der Waals surface area (Å²) in [5.74, 6) is 1.62. The molecule has 0 unspecified atom stereocenters. The van der Waals surface area contributed by atoms with Crippen molar-refractivity contribution in [3.05, 3.63) is 34.7 Å². The fourth-order valence-corrected chi connectivity index (χ4v) is 6.50. The molecule has 2 fully saturated rings. The van der Waals surface area contributed by atoms with Gasteiger partial charge in [0.2, 0.25) is 15.9 Å². The van der Waals surface area contributed by atoms with Crippen LogP contribution in [-0.4, -0.2) is 49.0 Å². The topological polar surface area (TPSA) is 108 Å². The minimum atomic E-state index is -3.64. The van der Waals surface area contributed by atoms with Crippen LogP contribution in [-0.2, 0) is 26.0 Å². The maximum absolute atomic E-state index is 13.0. The van der Waals surface area contributed by atoms with E-state index >= 15 is 0 Å². The third-order valence-electron chi connectivity index (χ3n) is 7.57. The Bertz CT molecular complexity index is 1140. The lowest BCUT2D eigenvalue weighted by Crippen LogP contribution is -2.50. The molecule has 0 radical (unpaired) electrons. The summed E-state index contributed by atoms with van der Waals surface area (Å²) < 4.78 is 27.5. The van der Waals surface area contributed by atoms with E-state index in [4.69, 9.17) is 4.99 Å². The largest absolute Gasteiger partial charge is 0.326 e. The first kappa shape index (κ1) is 25.6. The molecule has 2 heterocycles. The number of aliphatic imine (C=N–C) groups is 1. The highest BCUT2D eigenvalue weighted by Crippen LogP contribution is 2.36. The maximum Gasteiger partial charge on any atom is 0.253 e. The predicted octanol–water partition coefficient (Wildman–Crippen LogP) is 3.70. The highest BCUT2D eigenvalue weighted by Gasteiger charge is 2.48. The van der Waals surface area contributed by atoms with Gasteiger partial charge in [-0.25, -0.2) is 8.42 Å². The molecule has 2 aliphatic heterocycles. The van der Waals surface area contributed by atoms with E-state index in [9.17, 15) is 18.0 Å². The molecule has 190 valence electrons. The van der Waals surface area contributed by atoms with Crippen molar-refractivity contribution < 1.29 is 18.0 Å². The Morgan fingerprint density at radius 3 is 2.54 bits per heavy atom. The van der Waals surface area contributed by atoms with Crippen molar-refractivity contribution >= 4 is 39.4 Å². The Morgan fingerprint density at radius 1 is 1.23 bits per heavy atom. The van der Waals surface area contributed by atoms with Crippen molar-refractivity contribution in [3.8, 4) is 0 Å². The minimum absolute atomic E-state index is 0.0782. The van der Waals surface area contributed by atoms with Crippen LogP contribution in [0.2, 0.25) is 0 Å². The van der Waals surface area contributed by atoms with E-state index in [0.29, 0.717) is 30.9 Å². The molecule has 9 heteroatoms. The van der Waals surface area contributed by atoms with E-state index in [2.05, 4.69) is 17.6 Å². The first-order valence-electron chi connectivity index (χ1n) is 12.6. The van der Waals surface area contributed by atoms with Crippen LogP contribution >= 0.6 is 0 Å². The zero-order chi connectivity index (χ0) is 25.2. The van der Waals surface area contributed by atoms with Gasteiger partial charge in [-0.1, -0.05) is 32.8 Å². The highest BCUT2D eigenvalue weighted by molar-refractivity contribution is 7.92. The second kappa shape index (κ2) is 10.2. The van der Waals surface area contributed by atoms with Crippen LogP contribution < -0.4 is 10.6 Å². The lowest BCUT2D eigenvalue weighted by molar-refractivity contribution is -0.125. The number of piperidine rings is 1. The Kier molecular flexibility index (Phi) is 7.47. The molecule has 1 saturated carbocycles. The third kappa shape index (κ3) is 5.67. The number of carbonyl (C=O) groups is 2. The first-order valence-corrected chi connectivity index (χ1v) is 14.1. The molecule has 35 heavy (non-hydrogen) atoms. The molecule has 0 bridgehead atoms. The number of aryl methyl sites for hydroxylation is 1. The summed E-state index contributed by atoms with van der Waals surface area (Å²) in [6.07, 6.45) is 7.50. The SMILES string of the molecule is CCc1cc(NC(C)=O)ccc1/C=C/S(=O)(=O)N1CCC2(CC1)N=C(C1CCC(C)CC1)NC2=O. The number of amidine groups is 1. The Balaban J connectivity index is 1.42. The molecular weight excluding hydrogens is 464 g/mol. The molecule has 1 aromatic rings. The van der Waals surface area contributed by atoms with Gasteiger partial charge in [0.05, 0.1) is 0 Å². The van der Waals surface area contributed by atoms with Gasteiger partial charge in [-0.15, -0.1) is 0 Å². The van der Waals surface area contributed by atoms with Gasteiger partial charge in [-0.05, 0) is 67.4 Å². The van der Waals surface area contributed by atoms with Crippen LogP contribution in [0.4, 0.5) is 5.69 Å². The van der Waals surface area contributed by atoms with E-state index < -0.39 is 15.6 Å². The van der Waals surface area contributed by atoms with Gasteiger partial charge in [-0.3, -0.25) is 14.6 Å². The molecule has 4 rings (SSSR count). The number of rotatable bonds is 6. The Hall–Kier alpha value is -2.52. The van der Waals surface area contributed by atoms with Crippen molar-refractivity contribution in [3.63, 3.8) is 0 Å². The zero-order valence-electron chi connectivity index (χ0n) is 20.8. The molecular formula is C26H36N4O4S. The number of carbonyl (C=O) groups excluding carboxylic acids is 2. The van der Waals surface area contributed by atoms with E-state index in [0.717, 1.165) is 48.6 Å². The van der Waals surface area contributed by atoms with Gasteiger partial charge in [0, 0.05) is 37.0 Å². The van der Waals surface area contributed by atoms with Gasteiger partial charge in [0.15, 0.2) is 0 Å². The monoisotopic (exact) mass is 500 g/mol. The number of sulfonamides is 1. The maximum atomic E-state index is 13.0. The van der Waals surface area contributed by atoms with Gasteiger partial charge in [0.25, 0.3) is 5.91 Å². The molecule has 0 aromatic heterocycles. The summed E-state index contributed by atoms with van der Waals surface area (Å²) >= 11 is 0. The predicted molar refractivity (Wildman–Crippen MR) is 138 cm³/mol. The molecule has 0 atom stereocenters. The lowest BCUT2D eigenvalue weighted by atomic mass is 9.82. The fourth-order valence-electron chi connectivity index (χ4n) is 5.32. The van der Waals surface area contributed by atoms with Crippen LogP contribution in [0.1, 0.15) is 70.4 Å². The molecule has 1 aromatic carbocycles. The number of nitrogens with one attached hydrogen (secondary N) is 2. The third-order valence-corrected chi connectivity index (χ3v) is 9.14. The molecule has 1 spiro atoms. The van der Waals surface area contributed by atoms with Crippen LogP contribution in [0.5, 0.6) is 0 Å². The molecule has 1 saturated heterocycles. The van der Waals surface area contributed by atoms with Crippen molar-refractivity contribution in [1.82, 2.24) is 9.62 Å². The van der Waals surface area contributed by atoms with E-state index in [1.54, 1.807) is 12.1 Å². The summed E-state index contributed by atoms with van der Waals surface area (Å²) in [4.78, 5) is 29.0. The average Bonchev–Trinajstić information content (AvgIpc) is 3.13. The van der Waals surface area contributed by atoms with Crippen LogP contribution in [0.25, 0.3) is 6.08 Å². The summed E-state index contributed by atoms with van der Waals surface area (Å²) in [5.41, 5.74) is 1.60. The Labute approximate surface area is 208 Å². The van der Waals surface area contributed by atoms with Gasteiger partial charge in [0.1, 0.15) is 11.4 Å². The van der Waals surface area contributed by atoms with Crippen molar-refractivity contribution in [2.45, 2.75) is 71.3 Å². The van der Waals surface area contributed by atoms with Gasteiger partial charge >= 0.3 is 0 Å². The fraction of sp³-hybridized carbons (Fsp3) is 0.577. The number of hydrogen-bond acceptors (Lipinski definition) is 5. The van der Waals surface area contributed by atoms with Crippen molar-refractivity contribution in [2.24, 2.45) is 16.8 Å². The normalized spacial score (nSPS) is 25.0. The minimum Gasteiger partial charge on any atom is -0.326 e. The highest BCUT2D eigenvalue weighted by atomic mass is 32.2. The number of hydrogen-bond donors (Lipinski definition) is 2. The van der Waals surface area contributed by atoms with Gasteiger partial charge in [-0.2, -0.15) is 4.31 Å². The number of nitrogens with zero attached hydrogens (tertiary/aromatic N) is 2. The summed E-state index contributed by atoms with van der Waals surface area (Å²) in [6.45, 7) is 6.23. The van der Waals surface area contributed by atoms with Crippen LogP contribution in [0.15, 0.2) is 28.6 Å². The second-order valence-electron chi connectivity index (χ2n) is 10.1. The Morgan fingerprint density at radius 2 is 1.91 bits per heavy atom. The summed E-state index contributed by atoms with van der Waals surface area (Å²) in [5, 5.41) is 7.02. The molecule has 8 nitrogen and oxygen atoms in total. The zero-order valence-corrected chi connectivity index (χ0v) is 21.7. The first-order chi connectivity index (χ1) is 16.6. The smallest absolute Gasteiger partial charge is 0.253 e.